The lowest BCUT2D eigenvalue weighted by Gasteiger charge is -2.31. The second-order valence-corrected chi connectivity index (χ2v) is 7.31. The van der Waals surface area contributed by atoms with Crippen molar-refractivity contribution in [3.05, 3.63) is 59.7 Å². The minimum absolute atomic E-state index is 0.0385. The van der Waals surface area contributed by atoms with E-state index >= 15 is 0 Å². The quantitative estimate of drug-likeness (QED) is 0.825. The van der Waals surface area contributed by atoms with E-state index in [9.17, 15) is 9.59 Å². The van der Waals surface area contributed by atoms with Gasteiger partial charge < -0.3 is 15.0 Å². The molecule has 1 saturated heterocycles. The number of piperidine rings is 1. The number of nitrogens with zero attached hydrogens (tertiary/aromatic N) is 1. The Hall–Kier alpha value is -2.82. The van der Waals surface area contributed by atoms with Crippen molar-refractivity contribution in [3.8, 4) is 5.75 Å². The molecule has 2 amide bonds. The first-order valence-electron chi connectivity index (χ1n) is 9.87. The summed E-state index contributed by atoms with van der Waals surface area (Å²) in [6.45, 7) is 5.69. The molecule has 0 aromatic heterocycles. The van der Waals surface area contributed by atoms with Gasteiger partial charge in [0.05, 0.1) is 13.0 Å². The van der Waals surface area contributed by atoms with Crippen molar-refractivity contribution in [3.63, 3.8) is 0 Å². The molecular weight excluding hydrogens is 352 g/mol. The lowest BCUT2D eigenvalue weighted by Crippen LogP contribution is -2.41. The maximum atomic E-state index is 12.5. The van der Waals surface area contributed by atoms with Crippen molar-refractivity contribution in [1.82, 2.24) is 4.90 Å². The lowest BCUT2D eigenvalue weighted by molar-refractivity contribution is -0.135. The predicted octanol–water partition coefficient (Wildman–Crippen LogP) is 3.95. The Morgan fingerprint density at radius 3 is 2.46 bits per heavy atom. The summed E-state index contributed by atoms with van der Waals surface area (Å²) in [6.07, 6.45) is 1.75. The Labute approximate surface area is 166 Å². The molecule has 2 aromatic rings. The molecular formula is C23H28N2O3. The molecule has 0 unspecified atom stereocenters. The summed E-state index contributed by atoms with van der Waals surface area (Å²) in [7, 11) is 0. The summed E-state index contributed by atoms with van der Waals surface area (Å²) in [5.74, 6) is 0.920. The highest BCUT2D eigenvalue weighted by Gasteiger charge is 2.27. The van der Waals surface area contributed by atoms with E-state index in [0.717, 1.165) is 17.0 Å². The van der Waals surface area contributed by atoms with Crippen LogP contribution < -0.4 is 10.1 Å². The third kappa shape index (κ3) is 5.12. The van der Waals surface area contributed by atoms with Gasteiger partial charge in [0.25, 0.3) is 0 Å². The zero-order chi connectivity index (χ0) is 19.9. The van der Waals surface area contributed by atoms with Crippen LogP contribution in [0.15, 0.2) is 48.5 Å². The second kappa shape index (κ2) is 9.40. The Kier molecular flexibility index (Phi) is 6.69. The number of likely N-dealkylation sites (tertiary alicyclic amines) is 1. The van der Waals surface area contributed by atoms with Gasteiger partial charge in [-0.1, -0.05) is 30.3 Å². The molecule has 1 aliphatic heterocycles. The number of aryl methyl sites for hydroxylation is 1. The van der Waals surface area contributed by atoms with E-state index in [1.54, 1.807) is 0 Å². The molecule has 0 atom stereocenters. The van der Waals surface area contributed by atoms with Crippen LogP contribution in [-0.2, 0) is 9.59 Å². The van der Waals surface area contributed by atoms with E-state index in [0.29, 0.717) is 39.0 Å². The van der Waals surface area contributed by atoms with E-state index in [-0.39, 0.29) is 17.7 Å². The van der Waals surface area contributed by atoms with Crippen LogP contribution in [0.4, 0.5) is 5.69 Å². The molecule has 0 saturated carbocycles. The number of ether oxygens (including phenoxy) is 1. The van der Waals surface area contributed by atoms with Crippen molar-refractivity contribution >= 4 is 17.5 Å². The molecule has 0 spiro atoms. The van der Waals surface area contributed by atoms with Crippen LogP contribution in [0.25, 0.3) is 0 Å². The van der Waals surface area contributed by atoms with Gasteiger partial charge in [0.1, 0.15) is 5.75 Å². The van der Waals surface area contributed by atoms with Crippen molar-refractivity contribution in [2.24, 2.45) is 5.92 Å². The smallest absolute Gasteiger partial charge is 0.227 e. The van der Waals surface area contributed by atoms with Gasteiger partial charge in [-0.2, -0.15) is 0 Å². The molecule has 0 radical (unpaired) electrons. The van der Waals surface area contributed by atoms with E-state index in [4.69, 9.17) is 4.74 Å². The number of hydrogen-bond acceptors (Lipinski definition) is 3. The van der Waals surface area contributed by atoms with Crippen LogP contribution in [0.2, 0.25) is 0 Å². The first-order valence-corrected chi connectivity index (χ1v) is 9.87. The Balaban J connectivity index is 1.41. The highest BCUT2D eigenvalue weighted by molar-refractivity contribution is 5.92. The van der Waals surface area contributed by atoms with Crippen LogP contribution in [0, 0.1) is 19.8 Å². The van der Waals surface area contributed by atoms with Gasteiger partial charge in [0.2, 0.25) is 11.8 Å². The van der Waals surface area contributed by atoms with Crippen LogP contribution in [0.3, 0.4) is 0 Å². The third-order valence-corrected chi connectivity index (χ3v) is 5.39. The monoisotopic (exact) mass is 380 g/mol. The summed E-state index contributed by atoms with van der Waals surface area (Å²) in [6, 6.07) is 15.4. The fourth-order valence-electron chi connectivity index (χ4n) is 3.44. The molecule has 1 heterocycles. The number of nitrogens with one attached hydrogen (secondary N) is 1. The molecule has 2 aromatic carbocycles. The molecule has 0 bridgehead atoms. The summed E-state index contributed by atoms with van der Waals surface area (Å²) in [5.41, 5.74) is 3.11. The van der Waals surface area contributed by atoms with E-state index in [2.05, 4.69) is 5.32 Å². The SMILES string of the molecule is Cc1cccc(OCCC(=O)N2CCC(C(=O)Nc3ccccc3)CC2)c1C. The fourth-order valence-corrected chi connectivity index (χ4v) is 3.44. The predicted molar refractivity (Wildman–Crippen MR) is 110 cm³/mol. The minimum Gasteiger partial charge on any atom is -0.493 e. The largest absolute Gasteiger partial charge is 0.493 e. The molecule has 148 valence electrons. The van der Waals surface area contributed by atoms with Gasteiger partial charge in [-0.25, -0.2) is 0 Å². The minimum atomic E-state index is -0.0459. The Morgan fingerprint density at radius 1 is 1.04 bits per heavy atom. The Bertz CT molecular complexity index is 812. The molecule has 3 rings (SSSR count). The van der Waals surface area contributed by atoms with Gasteiger partial charge in [0.15, 0.2) is 0 Å². The van der Waals surface area contributed by atoms with Gasteiger partial charge >= 0.3 is 0 Å². The van der Waals surface area contributed by atoms with Crippen LogP contribution in [-0.4, -0.2) is 36.4 Å². The van der Waals surface area contributed by atoms with Gasteiger partial charge in [-0.15, -0.1) is 0 Å². The normalized spacial score (nSPS) is 14.6. The standard InChI is InChI=1S/C23H28N2O3/c1-17-7-6-10-21(18(17)2)28-16-13-22(26)25-14-11-19(12-15-25)23(27)24-20-8-4-3-5-9-20/h3-10,19H,11-16H2,1-2H3,(H,24,27). The first kappa shape index (κ1) is 19.9. The Morgan fingerprint density at radius 2 is 1.75 bits per heavy atom. The molecule has 0 aliphatic carbocycles. The number of rotatable bonds is 6. The first-order chi connectivity index (χ1) is 13.5. The number of para-hydroxylation sites is 1. The molecule has 5 heteroatoms. The summed E-state index contributed by atoms with van der Waals surface area (Å²) < 4.78 is 5.79. The van der Waals surface area contributed by atoms with E-state index in [1.807, 2.05) is 67.3 Å². The zero-order valence-corrected chi connectivity index (χ0v) is 16.6. The number of hydrogen-bond donors (Lipinski definition) is 1. The molecule has 1 aliphatic rings. The fraction of sp³-hybridized carbons (Fsp3) is 0.391. The summed E-state index contributed by atoms with van der Waals surface area (Å²) in [4.78, 5) is 26.7. The highest BCUT2D eigenvalue weighted by atomic mass is 16.5. The third-order valence-electron chi connectivity index (χ3n) is 5.39. The average molecular weight is 380 g/mol. The van der Waals surface area contributed by atoms with Crippen LogP contribution >= 0.6 is 0 Å². The molecule has 1 fully saturated rings. The summed E-state index contributed by atoms with van der Waals surface area (Å²) >= 11 is 0. The van der Waals surface area contributed by atoms with E-state index < -0.39 is 0 Å². The topological polar surface area (TPSA) is 58.6 Å². The van der Waals surface area contributed by atoms with Crippen molar-refractivity contribution in [2.45, 2.75) is 33.1 Å². The number of anilines is 1. The molecule has 1 N–H and O–H groups in total. The van der Waals surface area contributed by atoms with Crippen molar-refractivity contribution in [1.29, 1.82) is 0 Å². The zero-order valence-electron chi connectivity index (χ0n) is 16.6. The van der Waals surface area contributed by atoms with Crippen molar-refractivity contribution < 1.29 is 14.3 Å². The van der Waals surface area contributed by atoms with Crippen LogP contribution in [0.5, 0.6) is 5.75 Å². The van der Waals surface area contributed by atoms with Crippen molar-refractivity contribution in [2.75, 3.05) is 25.0 Å². The van der Waals surface area contributed by atoms with E-state index in [1.165, 1.54) is 5.56 Å². The molecule has 28 heavy (non-hydrogen) atoms. The highest BCUT2D eigenvalue weighted by Crippen LogP contribution is 2.22. The van der Waals surface area contributed by atoms with Gasteiger partial charge in [-0.05, 0) is 56.0 Å². The number of carbonyl (C=O) groups is 2. The number of carbonyl (C=O) groups excluding carboxylic acids is 2. The maximum Gasteiger partial charge on any atom is 0.227 e. The summed E-state index contributed by atoms with van der Waals surface area (Å²) in [5, 5.41) is 2.96. The van der Waals surface area contributed by atoms with Gasteiger partial charge in [-0.3, -0.25) is 9.59 Å². The van der Waals surface area contributed by atoms with Gasteiger partial charge in [0, 0.05) is 24.7 Å². The maximum absolute atomic E-state index is 12.5. The lowest BCUT2D eigenvalue weighted by atomic mass is 9.95. The number of benzene rings is 2. The number of amides is 2. The van der Waals surface area contributed by atoms with Crippen LogP contribution in [0.1, 0.15) is 30.4 Å². The average Bonchev–Trinajstić information content (AvgIpc) is 2.72. The second-order valence-electron chi connectivity index (χ2n) is 7.31. The molecule has 5 nitrogen and oxygen atoms in total.